The van der Waals surface area contributed by atoms with Crippen LogP contribution in [0.5, 0.6) is 5.75 Å². The fraction of sp³-hybridized carbons (Fsp3) is 0.143. The summed E-state index contributed by atoms with van der Waals surface area (Å²) < 4.78 is 0. The lowest BCUT2D eigenvalue weighted by molar-refractivity contribution is 0.472. The number of nitrogens with zero attached hydrogens (tertiary/aromatic N) is 2. The Bertz CT molecular complexity index is 1060. The molecule has 0 fully saturated rings. The van der Waals surface area contributed by atoms with Crippen molar-refractivity contribution in [1.29, 1.82) is 0 Å². The van der Waals surface area contributed by atoms with E-state index in [1.165, 1.54) is 4.88 Å². The lowest BCUT2D eigenvalue weighted by atomic mass is 10.0. The first-order chi connectivity index (χ1) is 12.6. The third kappa shape index (κ3) is 3.13. The number of hydrogen-bond donors (Lipinski definition) is 2. The van der Waals surface area contributed by atoms with Crippen molar-refractivity contribution in [3.63, 3.8) is 0 Å². The molecule has 0 unspecified atom stereocenters. The Morgan fingerprint density at radius 1 is 1.00 bits per heavy atom. The maximum Gasteiger partial charge on any atom is 0.147 e. The van der Waals surface area contributed by atoms with Gasteiger partial charge in [0.05, 0.1) is 6.04 Å². The van der Waals surface area contributed by atoms with E-state index >= 15 is 0 Å². The molecule has 1 aromatic carbocycles. The summed E-state index contributed by atoms with van der Waals surface area (Å²) in [6, 6.07) is 17.6. The number of nitrogens with one attached hydrogen (secondary N) is 1. The van der Waals surface area contributed by atoms with Gasteiger partial charge in [0, 0.05) is 32.6 Å². The van der Waals surface area contributed by atoms with Crippen LogP contribution in [-0.2, 0) is 0 Å². The molecule has 4 aromatic rings. The normalized spacial score (nSPS) is 12.2. The predicted molar refractivity (Wildman–Crippen MR) is 107 cm³/mol. The van der Waals surface area contributed by atoms with Crippen molar-refractivity contribution in [2.75, 3.05) is 5.32 Å². The predicted octanol–water partition coefficient (Wildman–Crippen LogP) is 5.22. The topological polar surface area (TPSA) is 58.0 Å². The van der Waals surface area contributed by atoms with Crippen LogP contribution in [0.15, 0.2) is 60.8 Å². The van der Waals surface area contributed by atoms with Gasteiger partial charge in [-0.3, -0.25) is 0 Å². The molecule has 0 radical (unpaired) electrons. The van der Waals surface area contributed by atoms with Crippen LogP contribution in [0.3, 0.4) is 0 Å². The number of aromatic hydroxyl groups is 1. The van der Waals surface area contributed by atoms with Gasteiger partial charge in [0.2, 0.25) is 0 Å². The van der Waals surface area contributed by atoms with E-state index in [1.807, 2.05) is 49.4 Å². The van der Waals surface area contributed by atoms with Crippen LogP contribution < -0.4 is 5.32 Å². The zero-order valence-electron chi connectivity index (χ0n) is 14.6. The molecule has 3 aromatic heterocycles. The number of aromatic nitrogens is 2. The summed E-state index contributed by atoms with van der Waals surface area (Å²) in [4.78, 5) is 11.3. The molecule has 5 heteroatoms. The largest absolute Gasteiger partial charge is 0.505 e. The minimum absolute atomic E-state index is 0.199. The SMILES string of the molecule is Cc1ccc2ccc([C@@H](Nc3ccccn3)c3ccc(C)s3)c(O)c2n1. The molecule has 0 bridgehead atoms. The Labute approximate surface area is 156 Å². The standard InChI is InChI=1S/C21H19N3OS/c1-13-6-8-15-9-10-16(21(25)19(15)23-13)20(17-11-7-14(2)26-17)24-18-5-3-4-12-22-18/h3-12,20,25H,1-2H3,(H,22,24)/t20-/m1/s1. The van der Waals surface area contributed by atoms with Crippen molar-refractivity contribution in [2.45, 2.75) is 19.9 Å². The van der Waals surface area contributed by atoms with Crippen molar-refractivity contribution in [3.05, 3.63) is 81.8 Å². The van der Waals surface area contributed by atoms with E-state index in [0.717, 1.165) is 27.3 Å². The second kappa shape index (κ2) is 6.77. The highest BCUT2D eigenvalue weighted by Crippen LogP contribution is 2.38. The summed E-state index contributed by atoms with van der Waals surface area (Å²) in [5.74, 6) is 0.978. The highest BCUT2D eigenvalue weighted by Gasteiger charge is 2.21. The highest BCUT2D eigenvalue weighted by atomic mass is 32.1. The molecule has 1 atom stereocenters. The number of pyridine rings is 2. The van der Waals surface area contributed by atoms with E-state index in [1.54, 1.807) is 17.5 Å². The minimum atomic E-state index is -0.199. The number of benzene rings is 1. The summed E-state index contributed by atoms with van der Waals surface area (Å²) >= 11 is 1.71. The summed E-state index contributed by atoms with van der Waals surface area (Å²) in [6.45, 7) is 4.01. The molecular weight excluding hydrogens is 342 g/mol. The number of hydrogen-bond acceptors (Lipinski definition) is 5. The van der Waals surface area contributed by atoms with E-state index in [2.05, 4.69) is 34.3 Å². The Balaban J connectivity index is 1.85. The van der Waals surface area contributed by atoms with Crippen LogP contribution >= 0.6 is 11.3 Å². The van der Waals surface area contributed by atoms with Gasteiger partial charge in [0.1, 0.15) is 17.1 Å². The van der Waals surface area contributed by atoms with Crippen molar-refractivity contribution in [3.8, 4) is 5.75 Å². The monoisotopic (exact) mass is 361 g/mol. The zero-order valence-corrected chi connectivity index (χ0v) is 15.4. The molecular formula is C21H19N3OS. The third-order valence-corrected chi connectivity index (χ3v) is 5.39. The number of anilines is 1. The molecule has 0 aliphatic heterocycles. The summed E-state index contributed by atoms with van der Waals surface area (Å²) in [7, 11) is 0. The van der Waals surface area contributed by atoms with Gasteiger partial charge < -0.3 is 10.4 Å². The first-order valence-corrected chi connectivity index (χ1v) is 9.26. The van der Waals surface area contributed by atoms with E-state index in [-0.39, 0.29) is 11.8 Å². The Kier molecular flexibility index (Phi) is 4.31. The summed E-state index contributed by atoms with van der Waals surface area (Å²) in [6.07, 6.45) is 1.75. The van der Waals surface area contributed by atoms with Crippen LogP contribution in [0.2, 0.25) is 0 Å². The van der Waals surface area contributed by atoms with Crippen LogP contribution in [0.1, 0.15) is 27.1 Å². The maximum absolute atomic E-state index is 11.0. The van der Waals surface area contributed by atoms with Crippen molar-refractivity contribution >= 4 is 28.1 Å². The average molecular weight is 361 g/mol. The Morgan fingerprint density at radius 2 is 1.85 bits per heavy atom. The molecule has 0 aliphatic rings. The Morgan fingerprint density at radius 3 is 2.58 bits per heavy atom. The molecule has 3 heterocycles. The van der Waals surface area contributed by atoms with Crippen molar-refractivity contribution in [1.82, 2.24) is 9.97 Å². The van der Waals surface area contributed by atoms with Gasteiger partial charge in [-0.05, 0) is 44.2 Å². The number of thiophene rings is 1. The maximum atomic E-state index is 11.0. The number of rotatable bonds is 4. The highest BCUT2D eigenvalue weighted by molar-refractivity contribution is 7.12. The van der Waals surface area contributed by atoms with Gasteiger partial charge in [-0.1, -0.05) is 24.3 Å². The van der Waals surface area contributed by atoms with Crippen LogP contribution in [0.4, 0.5) is 5.82 Å². The van der Waals surface area contributed by atoms with Crippen molar-refractivity contribution < 1.29 is 5.11 Å². The molecule has 26 heavy (non-hydrogen) atoms. The second-order valence-electron chi connectivity index (χ2n) is 6.27. The Hall–Kier alpha value is -2.92. The first kappa shape index (κ1) is 16.5. The van der Waals surface area contributed by atoms with Gasteiger partial charge in [0.15, 0.2) is 0 Å². The lowest BCUT2D eigenvalue weighted by Gasteiger charge is -2.20. The van der Waals surface area contributed by atoms with Gasteiger partial charge in [-0.2, -0.15) is 0 Å². The van der Waals surface area contributed by atoms with Crippen LogP contribution in [-0.4, -0.2) is 15.1 Å². The number of fused-ring (bicyclic) bond motifs is 1. The molecule has 4 rings (SSSR count). The smallest absolute Gasteiger partial charge is 0.147 e. The van der Waals surface area contributed by atoms with Crippen LogP contribution in [0, 0.1) is 13.8 Å². The summed E-state index contributed by atoms with van der Waals surface area (Å²) in [5, 5.41) is 15.4. The molecule has 2 N–H and O–H groups in total. The zero-order chi connectivity index (χ0) is 18.1. The van der Waals surface area contributed by atoms with E-state index in [9.17, 15) is 5.11 Å². The van der Waals surface area contributed by atoms with E-state index in [4.69, 9.17) is 0 Å². The second-order valence-corrected chi connectivity index (χ2v) is 7.59. The molecule has 0 saturated heterocycles. The molecule has 0 spiro atoms. The lowest BCUT2D eigenvalue weighted by Crippen LogP contribution is -2.12. The number of phenolic OH excluding ortho intramolecular Hbond substituents is 1. The van der Waals surface area contributed by atoms with Gasteiger partial charge in [0.25, 0.3) is 0 Å². The van der Waals surface area contributed by atoms with Gasteiger partial charge >= 0.3 is 0 Å². The van der Waals surface area contributed by atoms with E-state index < -0.39 is 0 Å². The molecule has 4 nitrogen and oxygen atoms in total. The van der Waals surface area contributed by atoms with Gasteiger partial charge in [-0.25, -0.2) is 9.97 Å². The van der Waals surface area contributed by atoms with Crippen LogP contribution in [0.25, 0.3) is 10.9 Å². The fourth-order valence-corrected chi connectivity index (χ4v) is 3.97. The fourth-order valence-electron chi connectivity index (χ4n) is 3.03. The van der Waals surface area contributed by atoms with Gasteiger partial charge in [-0.15, -0.1) is 11.3 Å². The molecule has 130 valence electrons. The quantitative estimate of drug-likeness (QED) is 0.523. The average Bonchev–Trinajstić information content (AvgIpc) is 3.08. The molecule has 0 aliphatic carbocycles. The summed E-state index contributed by atoms with van der Waals surface area (Å²) in [5.41, 5.74) is 2.30. The number of aryl methyl sites for hydroxylation is 2. The van der Waals surface area contributed by atoms with Crippen molar-refractivity contribution in [2.24, 2.45) is 0 Å². The first-order valence-electron chi connectivity index (χ1n) is 8.45. The van der Waals surface area contributed by atoms with E-state index in [0.29, 0.717) is 5.52 Å². The molecule has 0 amide bonds. The number of phenols is 1. The third-order valence-electron chi connectivity index (χ3n) is 4.32. The minimum Gasteiger partial charge on any atom is -0.505 e. The molecule has 0 saturated carbocycles.